The molecule has 0 radical (unpaired) electrons. The van der Waals surface area contributed by atoms with Crippen LogP contribution in [0.1, 0.15) is 5.56 Å². The molecule has 0 spiro atoms. The molecule has 26 heavy (non-hydrogen) atoms. The van der Waals surface area contributed by atoms with Crippen molar-refractivity contribution in [1.29, 1.82) is 0 Å². The summed E-state index contributed by atoms with van der Waals surface area (Å²) in [6.07, 6.45) is 0. The summed E-state index contributed by atoms with van der Waals surface area (Å²) in [5.41, 5.74) is 3.17. The Balaban J connectivity index is 1.37. The molecule has 3 rings (SSSR count). The van der Waals surface area contributed by atoms with Crippen molar-refractivity contribution in [2.45, 2.75) is 6.92 Å². The van der Waals surface area contributed by atoms with Crippen molar-refractivity contribution in [3.63, 3.8) is 0 Å². The zero-order valence-electron chi connectivity index (χ0n) is 15.1. The van der Waals surface area contributed by atoms with Crippen molar-refractivity contribution < 1.29 is 9.69 Å². The number of hydrogen-bond donors (Lipinski definition) is 3. The minimum Gasteiger partial charge on any atom is -0.360 e. The number of amides is 2. The topological polar surface area (TPSA) is 48.8 Å². The summed E-state index contributed by atoms with van der Waals surface area (Å²) in [4.78, 5) is 15.8. The van der Waals surface area contributed by atoms with Gasteiger partial charge in [0.2, 0.25) is 0 Å². The maximum absolute atomic E-state index is 11.9. The van der Waals surface area contributed by atoms with Crippen molar-refractivity contribution >= 4 is 29.0 Å². The van der Waals surface area contributed by atoms with Gasteiger partial charge >= 0.3 is 6.03 Å². The second-order valence-corrected chi connectivity index (χ2v) is 7.07. The standard InChI is InChI=1S/C20H25ClN4O/c1-16-15-18(7-8-19(16)21)25-13-11-24(12-14-25)10-9-22-20(26)23-17-5-3-2-4-6-17/h2-8,15H,9-14H2,1H3,(H2,22,23,26)/p+1. The molecule has 0 bridgehead atoms. The first-order valence-electron chi connectivity index (χ1n) is 9.06. The van der Waals surface area contributed by atoms with Crippen LogP contribution in [-0.4, -0.2) is 45.3 Å². The van der Waals surface area contributed by atoms with Gasteiger partial charge in [0.25, 0.3) is 0 Å². The molecule has 2 aromatic carbocycles. The van der Waals surface area contributed by atoms with Crippen LogP contribution in [0.15, 0.2) is 48.5 Å². The average Bonchev–Trinajstić information content (AvgIpc) is 2.65. The quantitative estimate of drug-likeness (QED) is 0.752. The number of hydrogen-bond acceptors (Lipinski definition) is 2. The Morgan fingerprint density at radius 2 is 1.88 bits per heavy atom. The Bertz CT molecular complexity index is 730. The minimum absolute atomic E-state index is 0.147. The van der Waals surface area contributed by atoms with Gasteiger partial charge in [-0.1, -0.05) is 29.8 Å². The molecule has 0 unspecified atom stereocenters. The summed E-state index contributed by atoms with van der Waals surface area (Å²) in [7, 11) is 0. The number of benzene rings is 2. The van der Waals surface area contributed by atoms with Crippen LogP contribution >= 0.6 is 11.6 Å². The molecule has 2 aromatic rings. The lowest BCUT2D eigenvalue weighted by Gasteiger charge is -2.34. The Morgan fingerprint density at radius 3 is 2.58 bits per heavy atom. The predicted molar refractivity (Wildman–Crippen MR) is 107 cm³/mol. The van der Waals surface area contributed by atoms with Crippen molar-refractivity contribution in [3.8, 4) is 0 Å². The number of para-hydroxylation sites is 1. The van der Waals surface area contributed by atoms with Crippen molar-refractivity contribution in [2.24, 2.45) is 0 Å². The van der Waals surface area contributed by atoms with Crippen LogP contribution in [0, 0.1) is 6.92 Å². The molecule has 0 atom stereocenters. The number of urea groups is 1. The second-order valence-electron chi connectivity index (χ2n) is 6.67. The summed E-state index contributed by atoms with van der Waals surface area (Å²) in [6, 6.07) is 15.6. The lowest BCUT2D eigenvalue weighted by molar-refractivity contribution is -0.899. The van der Waals surface area contributed by atoms with Gasteiger partial charge in [0.1, 0.15) is 0 Å². The third-order valence-electron chi connectivity index (χ3n) is 4.77. The van der Waals surface area contributed by atoms with E-state index in [9.17, 15) is 4.79 Å². The highest BCUT2D eigenvalue weighted by Gasteiger charge is 2.20. The van der Waals surface area contributed by atoms with E-state index in [-0.39, 0.29) is 6.03 Å². The number of halogens is 1. The second kappa shape index (κ2) is 8.92. The molecule has 1 aliphatic rings. The molecule has 5 nitrogen and oxygen atoms in total. The van der Waals surface area contributed by atoms with Gasteiger partial charge in [-0.2, -0.15) is 0 Å². The molecule has 1 saturated heterocycles. The van der Waals surface area contributed by atoms with Gasteiger partial charge in [-0.25, -0.2) is 4.79 Å². The van der Waals surface area contributed by atoms with Crippen LogP contribution in [0.5, 0.6) is 0 Å². The molecular formula is C20H26ClN4O+. The van der Waals surface area contributed by atoms with E-state index in [0.29, 0.717) is 6.54 Å². The van der Waals surface area contributed by atoms with E-state index >= 15 is 0 Å². The first-order chi connectivity index (χ1) is 12.6. The van der Waals surface area contributed by atoms with Crippen molar-refractivity contribution in [2.75, 3.05) is 49.5 Å². The smallest absolute Gasteiger partial charge is 0.319 e. The number of anilines is 2. The highest BCUT2D eigenvalue weighted by atomic mass is 35.5. The third-order valence-corrected chi connectivity index (χ3v) is 5.20. The number of carbonyl (C=O) groups is 1. The van der Waals surface area contributed by atoms with Crippen LogP contribution in [0.3, 0.4) is 0 Å². The molecule has 0 aromatic heterocycles. The maximum Gasteiger partial charge on any atom is 0.319 e. The lowest BCUT2D eigenvalue weighted by atomic mass is 10.2. The number of aryl methyl sites for hydroxylation is 1. The molecular weight excluding hydrogens is 348 g/mol. The number of quaternary nitrogens is 1. The van der Waals surface area contributed by atoms with Gasteiger partial charge in [-0.15, -0.1) is 0 Å². The lowest BCUT2D eigenvalue weighted by Crippen LogP contribution is -3.15. The fourth-order valence-electron chi connectivity index (χ4n) is 3.21. The zero-order chi connectivity index (χ0) is 18.4. The number of piperazine rings is 1. The van der Waals surface area contributed by atoms with E-state index in [2.05, 4.69) is 27.7 Å². The maximum atomic E-state index is 11.9. The van der Waals surface area contributed by atoms with Gasteiger partial charge in [-0.05, 0) is 42.8 Å². The number of nitrogens with zero attached hydrogens (tertiary/aromatic N) is 1. The van der Waals surface area contributed by atoms with E-state index in [1.807, 2.05) is 43.3 Å². The fourth-order valence-corrected chi connectivity index (χ4v) is 3.32. The Morgan fingerprint density at radius 1 is 1.15 bits per heavy atom. The molecule has 6 heteroatoms. The molecule has 1 fully saturated rings. The number of rotatable bonds is 5. The fraction of sp³-hybridized carbons (Fsp3) is 0.350. The minimum atomic E-state index is -0.147. The van der Waals surface area contributed by atoms with E-state index in [4.69, 9.17) is 11.6 Å². The first-order valence-corrected chi connectivity index (χ1v) is 9.44. The van der Waals surface area contributed by atoms with Gasteiger partial charge in [0, 0.05) is 16.4 Å². The Labute approximate surface area is 159 Å². The molecule has 1 heterocycles. The molecule has 138 valence electrons. The van der Waals surface area contributed by atoms with Crippen LogP contribution in [-0.2, 0) is 0 Å². The van der Waals surface area contributed by atoms with E-state index in [1.54, 1.807) is 0 Å². The van der Waals surface area contributed by atoms with E-state index < -0.39 is 0 Å². The van der Waals surface area contributed by atoms with Crippen LogP contribution in [0.25, 0.3) is 0 Å². The monoisotopic (exact) mass is 373 g/mol. The Hall–Kier alpha value is -2.24. The van der Waals surface area contributed by atoms with Gasteiger partial charge in [-0.3, -0.25) is 0 Å². The van der Waals surface area contributed by atoms with E-state index in [1.165, 1.54) is 10.6 Å². The van der Waals surface area contributed by atoms with Gasteiger partial charge in [0.05, 0.1) is 39.3 Å². The molecule has 2 amide bonds. The van der Waals surface area contributed by atoms with Gasteiger partial charge in [0.15, 0.2) is 0 Å². The Kier molecular flexibility index (Phi) is 6.36. The summed E-state index contributed by atoms with van der Waals surface area (Å²) < 4.78 is 0. The molecule has 1 aliphatic heterocycles. The summed E-state index contributed by atoms with van der Waals surface area (Å²) >= 11 is 6.11. The van der Waals surface area contributed by atoms with Crippen LogP contribution in [0.2, 0.25) is 5.02 Å². The summed E-state index contributed by atoms with van der Waals surface area (Å²) in [5.74, 6) is 0. The molecule has 0 saturated carbocycles. The highest BCUT2D eigenvalue weighted by molar-refractivity contribution is 6.31. The highest BCUT2D eigenvalue weighted by Crippen LogP contribution is 2.22. The largest absolute Gasteiger partial charge is 0.360 e. The normalized spacial score (nSPS) is 14.9. The zero-order valence-corrected chi connectivity index (χ0v) is 15.9. The van der Waals surface area contributed by atoms with Crippen molar-refractivity contribution in [3.05, 3.63) is 59.1 Å². The average molecular weight is 374 g/mol. The predicted octanol–water partition coefficient (Wildman–Crippen LogP) is 2.18. The van der Waals surface area contributed by atoms with Crippen LogP contribution < -0.4 is 20.4 Å². The van der Waals surface area contributed by atoms with E-state index in [0.717, 1.165) is 49.0 Å². The first kappa shape index (κ1) is 18.5. The summed E-state index contributed by atoms with van der Waals surface area (Å²) in [5, 5.41) is 6.59. The van der Waals surface area contributed by atoms with Gasteiger partial charge < -0.3 is 20.4 Å². The molecule has 3 N–H and O–H groups in total. The van der Waals surface area contributed by atoms with Crippen LogP contribution in [0.4, 0.5) is 16.2 Å². The summed E-state index contributed by atoms with van der Waals surface area (Å²) in [6.45, 7) is 7.84. The third kappa shape index (κ3) is 5.13. The number of nitrogens with one attached hydrogen (secondary N) is 3. The molecule has 0 aliphatic carbocycles. The number of carbonyl (C=O) groups excluding carboxylic acids is 1. The van der Waals surface area contributed by atoms with Crippen molar-refractivity contribution in [1.82, 2.24) is 5.32 Å². The SMILES string of the molecule is Cc1cc(N2CC[NH+](CCNC(=O)Nc3ccccc3)CC2)ccc1Cl.